The largest absolute Gasteiger partial charge is 0.514 e. The number of aromatic nitrogens is 1. The fraction of sp³-hybridized carbons (Fsp3) is 0.333. The van der Waals surface area contributed by atoms with Crippen molar-refractivity contribution in [3.8, 4) is 11.5 Å². The topological polar surface area (TPSA) is 113 Å². The van der Waals surface area contributed by atoms with Gasteiger partial charge in [-0.25, -0.2) is 23.4 Å². The van der Waals surface area contributed by atoms with E-state index in [1.54, 1.807) is 31.2 Å². The molecule has 0 bridgehead atoms. The van der Waals surface area contributed by atoms with Gasteiger partial charge in [0.2, 0.25) is 5.75 Å². The molecule has 2 aromatic carbocycles. The summed E-state index contributed by atoms with van der Waals surface area (Å²) in [7, 11) is 1.32. The lowest BCUT2D eigenvalue weighted by Gasteiger charge is -2.26. The first-order chi connectivity index (χ1) is 19.5. The molecule has 1 heterocycles. The van der Waals surface area contributed by atoms with Crippen LogP contribution in [0, 0.1) is 17.6 Å². The Balaban J connectivity index is 1.76. The molecule has 1 aromatic heterocycles. The van der Waals surface area contributed by atoms with Crippen LogP contribution in [-0.2, 0) is 14.3 Å². The Morgan fingerprint density at radius 1 is 0.878 bits per heavy atom. The fourth-order valence-electron chi connectivity index (χ4n) is 3.95. The van der Waals surface area contributed by atoms with Crippen LogP contribution in [0.4, 0.5) is 13.6 Å². The molecule has 0 aliphatic carbocycles. The summed E-state index contributed by atoms with van der Waals surface area (Å²) in [6.45, 7) is 6.84. The van der Waals surface area contributed by atoms with Gasteiger partial charge in [0, 0.05) is 18.2 Å². The van der Waals surface area contributed by atoms with Crippen LogP contribution >= 0.6 is 0 Å². The third-order valence-corrected chi connectivity index (χ3v) is 5.95. The number of esters is 1. The quantitative estimate of drug-likeness (QED) is 0.304. The average molecular weight is 571 g/mol. The van der Waals surface area contributed by atoms with Crippen molar-refractivity contribution >= 4 is 18.0 Å². The van der Waals surface area contributed by atoms with Gasteiger partial charge in [0.05, 0.1) is 13.7 Å². The highest BCUT2D eigenvalue weighted by molar-refractivity contribution is 5.98. The number of pyridine rings is 1. The number of ether oxygens (including phenoxy) is 4. The molecule has 218 valence electrons. The van der Waals surface area contributed by atoms with Gasteiger partial charge in [0.25, 0.3) is 5.91 Å². The van der Waals surface area contributed by atoms with Crippen molar-refractivity contribution in [1.29, 1.82) is 0 Å². The minimum atomic E-state index is -1.15. The van der Waals surface area contributed by atoms with E-state index in [2.05, 4.69) is 10.3 Å². The molecule has 0 saturated carbocycles. The zero-order valence-corrected chi connectivity index (χ0v) is 23.4. The summed E-state index contributed by atoms with van der Waals surface area (Å²) < 4.78 is 48.3. The zero-order chi connectivity index (χ0) is 30.1. The first-order valence-corrected chi connectivity index (χ1v) is 12.9. The Labute approximate surface area is 236 Å². The monoisotopic (exact) mass is 570 g/mol. The minimum Gasteiger partial charge on any atom is -0.493 e. The molecule has 0 spiro atoms. The number of rotatable bonds is 11. The highest BCUT2D eigenvalue weighted by Gasteiger charge is 2.29. The highest BCUT2D eigenvalue weighted by atomic mass is 19.1. The van der Waals surface area contributed by atoms with Gasteiger partial charge in [0.1, 0.15) is 23.8 Å². The molecular formula is C30H32F2N2O7. The van der Waals surface area contributed by atoms with Crippen LogP contribution in [0.5, 0.6) is 11.5 Å². The normalized spacial score (nSPS) is 12.4. The number of halogens is 2. The lowest BCUT2D eigenvalue weighted by atomic mass is 9.87. The van der Waals surface area contributed by atoms with Crippen molar-refractivity contribution in [3.05, 3.63) is 89.2 Å². The van der Waals surface area contributed by atoms with Gasteiger partial charge in [-0.3, -0.25) is 4.79 Å². The molecule has 3 rings (SSSR count). The molecule has 11 heteroatoms. The van der Waals surface area contributed by atoms with Crippen molar-refractivity contribution in [3.63, 3.8) is 0 Å². The van der Waals surface area contributed by atoms with Gasteiger partial charge in [0.15, 0.2) is 11.4 Å². The van der Waals surface area contributed by atoms with E-state index in [0.717, 1.165) is 0 Å². The summed E-state index contributed by atoms with van der Waals surface area (Å²) >= 11 is 0. The summed E-state index contributed by atoms with van der Waals surface area (Å²) in [6.07, 6.45) is -0.559. The van der Waals surface area contributed by atoms with E-state index >= 15 is 0 Å². The predicted octanol–water partition coefficient (Wildman–Crippen LogP) is 5.42. The lowest BCUT2D eigenvalue weighted by Crippen LogP contribution is -2.41. The minimum absolute atomic E-state index is 0.0527. The standard InChI is InChI=1S/C30H32F2N2O7/c1-17(2)16-39-30(37)41-27-24(38-5)14-15-33-26(27)28(35)34-18(3)29(36)40-19(4)25(20-6-10-22(31)11-7-20)21-8-12-23(32)13-9-21/h6-15,17-19,25H,16H2,1-5H3,(H,34,35)/t18-,19-/m0/s1. The second-order valence-corrected chi connectivity index (χ2v) is 9.67. The number of carbonyl (C=O) groups excluding carboxylic acids is 3. The molecule has 0 aliphatic heterocycles. The van der Waals surface area contributed by atoms with E-state index in [1.165, 1.54) is 50.6 Å². The van der Waals surface area contributed by atoms with Crippen LogP contribution < -0.4 is 14.8 Å². The molecule has 0 fully saturated rings. The molecule has 2 atom stereocenters. The number of hydrogen-bond donors (Lipinski definition) is 1. The molecule has 41 heavy (non-hydrogen) atoms. The van der Waals surface area contributed by atoms with Gasteiger partial charge in [-0.1, -0.05) is 38.1 Å². The number of hydrogen-bond acceptors (Lipinski definition) is 8. The summed E-state index contributed by atoms with van der Waals surface area (Å²) in [6, 6.07) is 11.6. The molecule has 0 saturated heterocycles. The number of nitrogens with zero attached hydrogens (tertiary/aromatic N) is 1. The highest BCUT2D eigenvalue weighted by Crippen LogP contribution is 2.32. The maximum Gasteiger partial charge on any atom is 0.514 e. The SMILES string of the molecule is COc1ccnc(C(=O)N[C@@H](C)C(=O)O[C@@H](C)C(c2ccc(F)cc2)c2ccc(F)cc2)c1OC(=O)OCC(C)C. The van der Waals surface area contributed by atoms with Crippen LogP contribution in [0.25, 0.3) is 0 Å². The Morgan fingerprint density at radius 2 is 1.44 bits per heavy atom. The van der Waals surface area contributed by atoms with Crippen molar-refractivity contribution in [1.82, 2.24) is 10.3 Å². The molecule has 0 radical (unpaired) electrons. The predicted molar refractivity (Wildman–Crippen MR) is 145 cm³/mol. The van der Waals surface area contributed by atoms with Crippen molar-refractivity contribution in [2.45, 2.75) is 45.8 Å². The molecule has 3 aromatic rings. The second kappa shape index (κ2) is 14.2. The van der Waals surface area contributed by atoms with Crippen LogP contribution in [0.3, 0.4) is 0 Å². The third kappa shape index (κ3) is 8.47. The van der Waals surface area contributed by atoms with E-state index in [1.807, 2.05) is 13.8 Å². The molecular weight excluding hydrogens is 538 g/mol. The molecule has 9 nitrogen and oxygen atoms in total. The molecule has 1 N–H and O–H groups in total. The van der Waals surface area contributed by atoms with Crippen LogP contribution in [0.1, 0.15) is 55.2 Å². The average Bonchev–Trinajstić information content (AvgIpc) is 2.94. The number of carbonyl (C=O) groups is 3. The van der Waals surface area contributed by atoms with Crippen LogP contribution in [-0.4, -0.2) is 48.9 Å². The maximum atomic E-state index is 13.6. The van der Waals surface area contributed by atoms with Crippen LogP contribution in [0.15, 0.2) is 60.8 Å². The Morgan fingerprint density at radius 3 is 1.95 bits per heavy atom. The number of nitrogens with one attached hydrogen (secondary N) is 1. The fourth-order valence-corrected chi connectivity index (χ4v) is 3.95. The van der Waals surface area contributed by atoms with Gasteiger partial charge in [-0.15, -0.1) is 0 Å². The Bertz CT molecular complexity index is 1300. The first kappa shape index (κ1) is 31.0. The van der Waals surface area contributed by atoms with Crippen molar-refractivity contribution < 1.29 is 42.1 Å². The lowest BCUT2D eigenvalue weighted by molar-refractivity contribution is -0.150. The van der Waals surface area contributed by atoms with E-state index in [9.17, 15) is 23.2 Å². The number of methoxy groups -OCH3 is 1. The van der Waals surface area contributed by atoms with Crippen molar-refractivity contribution in [2.75, 3.05) is 13.7 Å². The van der Waals surface area contributed by atoms with E-state index in [-0.39, 0.29) is 29.7 Å². The van der Waals surface area contributed by atoms with Crippen molar-refractivity contribution in [2.24, 2.45) is 5.92 Å². The van der Waals surface area contributed by atoms with Gasteiger partial charge >= 0.3 is 12.1 Å². The van der Waals surface area contributed by atoms with Gasteiger partial charge in [-0.2, -0.15) is 0 Å². The third-order valence-electron chi connectivity index (χ3n) is 5.95. The second-order valence-electron chi connectivity index (χ2n) is 9.67. The first-order valence-electron chi connectivity index (χ1n) is 12.9. The van der Waals surface area contributed by atoms with E-state index in [0.29, 0.717) is 11.1 Å². The molecule has 0 unspecified atom stereocenters. The summed E-state index contributed by atoms with van der Waals surface area (Å²) in [5, 5.41) is 2.49. The summed E-state index contributed by atoms with van der Waals surface area (Å²) in [4.78, 5) is 42.3. The summed E-state index contributed by atoms with van der Waals surface area (Å²) in [5.41, 5.74) is 0.970. The summed E-state index contributed by atoms with van der Waals surface area (Å²) in [5.74, 6) is -3.20. The van der Waals surface area contributed by atoms with E-state index < -0.39 is 47.7 Å². The van der Waals surface area contributed by atoms with Gasteiger partial charge in [-0.05, 0) is 55.2 Å². The molecule has 0 aliphatic rings. The van der Waals surface area contributed by atoms with E-state index in [4.69, 9.17) is 18.9 Å². The Hall–Kier alpha value is -4.54. The van der Waals surface area contributed by atoms with Crippen LogP contribution in [0.2, 0.25) is 0 Å². The zero-order valence-electron chi connectivity index (χ0n) is 23.4. The Kier molecular flexibility index (Phi) is 10.7. The maximum absolute atomic E-state index is 13.6. The smallest absolute Gasteiger partial charge is 0.493 e. The number of amides is 1. The number of benzene rings is 2. The van der Waals surface area contributed by atoms with Gasteiger partial charge < -0.3 is 24.3 Å². The molecule has 1 amide bonds.